The van der Waals surface area contributed by atoms with Gasteiger partial charge in [0.25, 0.3) is 0 Å². The lowest BCUT2D eigenvalue weighted by molar-refractivity contribution is -0.119. The molecule has 0 radical (unpaired) electrons. The number of benzene rings is 1. The predicted molar refractivity (Wildman–Crippen MR) is 102 cm³/mol. The van der Waals surface area contributed by atoms with Crippen LogP contribution in [0.4, 0.5) is 15.9 Å². The predicted octanol–water partition coefficient (Wildman–Crippen LogP) is 3.19. The summed E-state index contributed by atoms with van der Waals surface area (Å²) in [5.74, 6) is -0.554. The largest absolute Gasteiger partial charge is 0.324 e. The van der Waals surface area contributed by atoms with Gasteiger partial charge in [-0.2, -0.15) is 0 Å². The van der Waals surface area contributed by atoms with Crippen LogP contribution in [0.3, 0.4) is 0 Å². The Morgan fingerprint density at radius 1 is 1.19 bits per heavy atom. The van der Waals surface area contributed by atoms with Gasteiger partial charge in [0.15, 0.2) is 0 Å². The maximum absolute atomic E-state index is 13.7. The van der Waals surface area contributed by atoms with Crippen molar-refractivity contribution in [2.45, 2.75) is 13.3 Å². The number of halogens is 2. The summed E-state index contributed by atoms with van der Waals surface area (Å²) in [6.07, 6.45) is 1.77. The van der Waals surface area contributed by atoms with Gasteiger partial charge in [0.05, 0.1) is 12.2 Å². The Morgan fingerprint density at radius 2 is 1.96 bits per heavy atom. The van der Waals surface area contributed by atoms with Crippen molar-refractivity contribution in [3.8, 4) is 0 Å². The topological polar surface area (TPSA) is 74.3 Å². The van der Waals surface area contributed by atoms with Crippen LogP contribution in [0.5, 0.6) is 0 Å². The molecule has 2 aromatic rings. The van der Waals surface area contributed by atoms with Crippen molar-refractivity contribution >= 4 is 39.2 Å². The molecule has 2 N–H and O–H groups in total. The lowest BCUT2D eigenvalue weighted by Gasteiger charge is -2.16. The maximum atomic E-state index is 13.7. The minimum atomic E-state index is -0.508. The molecule has 0 spiro atoms. The van der Waals surface area contributed by atoms with E-state index in [9.17, 15) is 14.0 Å². The first-order valence-electron chi connectivity index (χ1n) is 7.99. The fourth-order valence-electron chi connectivity index (χ4n) is 2.21. The third kappa shape index (κ3) is 6.53. The van der Waals surface area contributed by atoms with Gasteiger partial charge in [-0.15, -0.1) is 0 Å². The first-order chi connectivity index (χ1) is 12.3. The Balaban J connectivity index is 1.76. The summed E-state index contributed by atoms with van der Waals surface area (Å²) >= 11 is 3.16. The molecule has 138 valence electrons. The van der Waals surface area contributed by atoms with E-state index in [1.807, 2.05) is 13.0 Å². The van der Waals surface area contributed by atoms with Gasteiger partial charge in [-0.3, -0.25) is 14.5 Å². The van der Waals surface area contributed by atoms with Crippen LogP contribution in [0.25, 0.3) is 0 Å². The second-order valence-corrected chi connectivity index (χ2v) is 6.84. The number of carbonyl (C=O) groups excluding carboxylic acids is 2. The second kappa shape index (κ2) is 9.40. The highest BCUT2D eigenvalue weighted by molar-refractivity contribution is 9.10. The Hall–Kier alpha value is -2.32. The number of pyridine rings is 1. The van der Waals surface area contributed by atoms with Crippen molar-refractivity contribution < 1.29 is 14.0 Å². The summed E-state index contributed by atoms with van der Waals surface area (Å²) in [6, 6.07) is 8.04. The SMILES string of the molecule is Cc1ccnc(NC(=O)CN(C)CCC(=O)Nc2ccc(Br)cc2F)c1. The van der Waals surface area contributed by atoms with Crippen molar-refractivity contribution in [3.63, 3.8) is 0 Å². The van der Waals surface area contributed by atoms with Crippen molar-refractivity contribution in [2.24, 2.45) is 0 Å². The molecule has 2 amide bonds. The minimum Gasteiger partial charge on any atom is -0.324 e. The number of hydrogen-bond acceptors (Lipinski definition) is 4. The molecule has 0 aliphatic heterocycles. The molecule has 1 aromatic carbocycles. The quantitative estimate of drug-likeness (QED) is 0.718. The van der Waals surface area contributed by atoms with Crippen molar-refractivity contribution in [1.82, 2.24) is 9.88 Å². The van der Waals surface area contributed by atoms with Gasteiger partial charge in [-0.05, 0) is 49.9 Å². The molecule has 8 heteroatoms. The molecular formula is C18H20BrFN4O2. The number of aryl methyl sites for hydroxylation is 1. The van der Waals surface area contributed by atoms with Gasteiger partial charge in [0.2, 0.25) is 11.8 Å². The van der Waals surface area contributed by atoms with E-state index in [0.717, 1.165) is 5.56 Å². The van der Waals surface area contributed by atoms with Gasteiger partial charge < -0.3 is 10.6 Å². The molecule has 0 aliphatic carbocycles. The lowest BCUT2D eigenvalue weighted by atomic mass is 10.3. The van der Waals surface area contributed by atoms with Crippen LogP contribution in [-0.2, 0) is 9.59 Å². The normalized spacial score (nSPS) is 10.7. The molecule has 0 fully saturated rings. The first-order valence-corrected chi connectivity index (χ1v) is 8.79. The lowest BCUT2D eigenvalue weighted by Crippen LogP contribution is -2.32. The van der Waals surface area contributed by atoms with E-state index in [4.69, 9.17) is 0 Å². The molecule has 0 bridgehead atoms. The summed E-state index contributed by atoms with van der Waals surface area (Å²) in [7, 11) is 1.73. The minimum absolute atomic E-state index is 0.121. The van der Waals surface area contributed by atoms with Crippen LogP contribution in [-0.4, -0.2) is 41.8 Å². The molecule has 0 unspecified atom stereocenters. The number of rotatable bonds is 7. The van der Waals surface area contributed by atoms with E-state index in [0.29, 0.717) is 16.8 Å². The molecular weight excluding hydrogens is 403 g/mol. The Bertz CT molecular complexity index is 801. The number of anilines is 2. The number of nitrogens with one attached hydrogen (secondary N) is 2. The van der Waals surface area contributed by atoms with E-state index < -0.39 is 5.82 Å². The zero-order chi connectivity index (χ0) is 19.1. The van der Waals surface area contributed by atoms with Crippen molar-refractivity contribution in [3.05, 3.63) is 52.4 Å². The standard InChI is InChI=1S/C18H20BrFN4O2/c1-12-5-7-21-16(9-12)23-18(26)11-24(2)8-6-17(25)22-15-4-3-13(19)10-14(15)20/h3-5,7,9-10H,6,8,11H2,1-2H3,(H,22,25)(H,21,23,26). The molecule has 2 rings (SSSR count). The number of carbonyl (C=O) groups is 2. The maximum Gasteiger partial charge on any atom is 0.239 e. The van der Waals surface area contributed by atoms with Crippen molar-refractivity contribution in [1.29, 1.82) is 0 Å². The average molecular weight is 423 g/mol. The second-order valence-electron chi connectivity index (χ2n) is 5.93. The summed E-state index contributed by atoms with van der Waals surface area (Å²) in [5, 5.41) is 5.23. The Kier molecular flexibility index (Phi) is 7.23. The monoisotopic (exact) mass is 422 g/mol. The van der Waals surface area contributed by atoms with E-state index in [1.54, 1.807) is 30.3 Å². The average Bonchev–Trinajstić information content (AvgIpc) is 2.55. The van der Waals surface area contributed by atoms with E-state index in [1.165, 1.54) is 12.1 Å². The number of nitrogens with zero attached hydrogens (tertiary/aromatic N) is 2. The van der Waals surface area contributed by atoms with E-state index in [-0.39, 0.29) is 30.5 Å². The number of likely N-dealkylation sites (N-methyl/N-ethyl adjacent to an activating group) is 1. The highest BCUT2D eigenvalue weighted by Gasteiger charge is 2.11. The third-order valence-corrected chi connectivity index (χ3v) is 4.02. The highest BCUT2D eigenvalue weighted by Crippen LogP contribution is 2.19. The molecule has 6 nitrogen and oxygen atoms in total. The van der Waals surface area contributed by atoms with Gasteiger partial charge in [-0.1, -0.05) is 15.9 Å². The summed E-state index contributed by atoms with van der Waals surface area (Å²) in [6.45, 7) is 2.39. The van der Waals surface area contributed by atoms with Crippen LogP contribution >= 0.6 is 15.9 Å². The summed E-state index contributed by atoms with van der Waals surface area (Å²) in [5.41, 5.74) is 1.13. The smallest absolute Gasteiger partial charge is 0.239 e. The van der Waals surface area contributed by atoms with Crippen molar-refractivity contribution in [2.75, 3.05) is 30.8 Å². The van der Waals surface area contributed by atoms with Crippen LogP contribution in [0.15, 0.2) is 41.0 Å². The van der Waals surface area contributed by atoms with Crippen LogP contribution in [0, 0.1) is 12.7 Å². The molecule has 0 aliphatic rings. The molecule has 26 heavy (non-hydrogen) atoms. The molecule has 1 aromatic heterocycles. The fraction of sp³-hybridized carbons (Fsp3) is 0.278. The molecule has 0 saturated carbocycles. The molecule has 0 atom stereocenters. The van der Waals surface area contributed by atoms with Gasteiger partial charge in [0, 0.05) is 23.6 Å². The van der Waals surface area contributed by atoms with Crippen LogP contribution in [0.1, 0.15) is 12.0 Å². The van der Waals surface area contributed by atoms with E-state index in [2.05, 4.69) is 31.5 Å². The number of amides is 2. The number of hydrogen-bond donors (Lipinski definition) is 2. The van der Waals surface area contributed by atoms with Crippen LogP contribution < -0.4 is 10.6 Å². The Morgan fingerprint density at radius 3 is 2.65 bits per heavy atom. The number of aromatic nitrogens is 1. The molecule has 0 saturated heterocycles. The zero-order valence-electron chi connectivity index (χ0n) is 14.6. The first kappa shape index (κ1) is 20.0. The zero-order valence-corrected chi connectivity index (χ0v) is 16.1. The highest BCUT2D eigenvalue weighted by atomic mass is 79.9. The van der Waals surface area contributed by atoms with Crippen LogP contribution in [0.2, 0.25) is 0 Å². The molecule has 1 heterocycles. The van der Waals surface area contributed by atoms with Gasteiger partial charge in [-0.25, -0.2) is 9.37 Å². The Labute approximate surface area is 159 Å². The fourth-order valence-corrected chi connectivity index (χ4v) is 2.54. The van der Waals surface area contributed by atoms with E-state index >= 15 is 0 Å². The van der Waals surface area contributed by atoms with Gasteiger partial charge >= 0.3 is 0 Å². The van der Waals surface area contributed by atoms with Gasteiger partial charge in [0.1, 0.15) is 11.6 Å². The third-order valence-electron chi connectivity index (χ3n) is 3.52. The summed E-state index contributed by atoms with van der Waals surface area (Å²) in [4.78, 5) is 29.7. The summed E-state index contributed by atoms with van der Waals surface area (Å²) < 4.78 is 14.3.